The minimum Gasteiger partial charge on any atom is -0.366 e. The maximum atomic E-state index is 5.68. The van der Waals surface area contributed by atoms with Gasteiger partial charge in [0.05, 0.1) is 6.20 Å². The Morgan fingerprint density at radius 2 is 2.40 bits per heavy atom. The molecule has 0 aliphatic carbocycles. The summed E-state index contributed by atoms with van der Waals surface area (Å²) < 4.78 is 1.79. The van der Waals surface area contributed by atoms with Crippen molar-refractivity contribution in [2.24, 2.45) is 0 Å². The Morgan fingerprint density at radius 3 is 3.20 bits per heavy atom. The molecule has 0 saturated heterocycles. The van der Waals surface area contributed by atoms with Crippen LogP contribution in [0.1, 0.15) is 13.3 Å². The van der Waals surface area contributed by atoms with Crippen molar-refractivity contribution in [2.45, 2.75) is 19.4 Å². The number of fused-ring (bicyclic) bond motifs is 1. The predicted octanol–water partition coefficient (Wildman–Crippen LogP) is 2.16. The van der Waals surface area contributed by atoms with Crippen molar-refractivity contribution >= 4 is 22.9 Å². The second-order valence-corrected chi connectivity index (χ2v) is 3.84. The Balaban J connectivity index is 2.23. The van der Waals surface area contributed by atoms with Crippen LogP contribution in [0.3, 0.4) is 0 Å². The molecule has 15 heavy (non-hydrogen) atoms. The number of halogens is 1. The molecule has 1 N–H and O–H groups in total. The van der Waals surface area contributed by atoms with Gasteiger partial charge in [0.1, 0.15) is 5.52 Å². The first-order chi connectivity index (χ1) is 7.31. The molecule has 0 amide bonds. The van der Waals surface area contributed by atoms with Crippen LogP contribution < -0.4 is 5.32 Å². The molecule has 1 unspecified atom stereocenters. The van der Waals surface area contributed by atoms with Crippen molar-refractivity contribution in [1.82, 2.24) is 14.6 Å². The molecule has 0 saturated carbocycles. The smallest absolute Gasteiger partial charge is 0.152 e. The molecule has 0 aliphatic heterocycles. The summed E-state index contributed by atoms with van der Waals surface area (Å²) in [6, 6.07) is 2.25. The van der Waals surface area contributed by atoms with Crippen LogP contribution in [-0.2, 0) is 0 Å². The molecule has 2 rings (SSSR count). The zero-order valence-corrected chi connectivity index (χ0v) is 9.28. The third-order valence-corrected chi connectivity index (χ3v) is 2.47. The molecule has 2 aromatic rings. The van der Waals surface area contributed by atoms with Gasteiger partial charge < -0.3 is 5.32 Å². The van der Waals surface area contributed by atoms with Gasteiger partial charge in [0.25, 0.3) is 0 Å². The first-order valence-corrected chi connectivity index (χ1v) is 5.45. The van der Waals surface area contributed by atoms with E-state index in [-0.39, 0.29) is 0 Å². The summed E-state index contributed by atoms with van der Waals surface area (Å²) >= 11 is 5.68. The number of anilines is 1. The van der Waals surface area contributed by atoms with E-state index >= 15 is 0 Å². The molecule has 0 bridgehead atoms. The van der Waals surface area contributed by atoms with Gasteiger partial charge >= 0.3 is 0 Å². The molecule has 0 fully saturated rings. The lowest BCUT2D eigenvalue weighted by Gasteiger charge is -2.13. The van der Waals surface area contributed by atoms with Crippen LogP contribution in [0.25, 0.3) is 5.52 Å². The van der Waals surface area contributed by atoms with E-state index in [0.717, 1.165) is 17.8 Å². The second-order valence-electron chi connectivity index (χ2n) is 3.46. The SMILES string of the molecule is CC(CCCl)Nc1nccn2nccc12. The van der Waals surface area contributed by atoms with Gasteiger partial charge in [-0.15, -0.1) is 11.6 Å². The van der Waals surface area contributed by atoms with E-state index in [1.54, 1.807) is 16.9 Å². The van der Waals surface area contributed by atoms with Gasteiger partial charge in [0.2, 0.25) is 0 Å². The van der Waals surface area contributed by atoms with Crippen molar-refractivity contribution in [2.75, 3.05) is 11.2 Å². The summed E-state index contributed by atoms with van der Waals surface area (Å²) in [4.78, 5) is 4.29. The van der Waals surface area contributed by atoms with Gasteiger partial charge in [-0.25, -0.2) is 9.50 Å². The van der Waals surface area contributed by atoms with Crippen molar-refractivity contribution in [3.63, 3.8) is 0 Å². The third-order valence-electron chi connectivity index (χ3n) is 2.25. The Morgan fingerprint density at radius 1 is 1.53 bits per heavy atom. The lowest BCUT2D eigenvalue weighted by Crippen LogP contribution is -2.17. The highest BCUT2D eigenvalue weighted by molar-refractivity contribution is 6.17. The summed E-state index contributed by atoms with van der Waals surface area (Å²) in [5, 5.41) is 7.46. The molecular formula is C10H13ClN4. The zero-order valence-electron chi connectivity index (χ0n) is 8.52. The fraction of sp³-hybridized carbons (Fsp3) is 0.400. The lowest BCUT2D eigenvalue weighted by molar-refractivity contribution is 0.763. The molecule has 0 aromatic carbocycles. The van der Waals surface area contributed by atoms with Gasteiger partial charge in [0.15, 0.2) is 5.82 Å². The van der Waals surface area contributed by atoms with Crippen LogP contribution in [0.4, 0.5) is 5.82 Å². The van der Waals surface area contributed by atoms with Crippen LogP contribution in [-0.4, -0.2) is 26.5 Å². The predicted molar refractivity (Wildman–Crippen MR) is 61.4 cm³/mol. The molecule has 2 heterocycles. The number of alkyl halides is 1. The molecule has 0 aliphatic rings. The molecular weight excluding hydrogens is 212 g/mol. The van der Waals surface area contributed by atoms with Gasteiger partial charge in [-0.05, 0) is 19.4 Å². The van der Waals surface area contributed by atoms with E-state index in [9.17, 15) is 0 Å². The largest absolute Gasteiger partial charge is 0.366 e. The number of rotatable bonds is 4. The molecule has 1 atom stereocenters. The van der Waals surface area contributed by atoms with Crippen molar-refractivity contribution in [1.29, 1.82) is 0 Å². The highest BCUT2D eigenvalue weighted by Gasteiger charge is 2.06. The fourth-order valence-electron chi connectivity index (χ4n) is 1.44. The van der Waals surface area contributed by atoms with Gasteiger partial charge in [-0.1, -0.05) is 0 Å². The lowest BCUT2D eigenvalue weighted by atomic mass is 10.2. The van der Waals surface area contributed by atoms with Crippen LogP contribution >= 0.6 is 11.6 Å². The van der Waals surface area contributed by atoms with Crippen molar-refractivity contribution in [3.05, 3.63) is 24.7 Å². The quantitative estimate of drug-likeness (QED) is 0.810. The van der Waals surface area contributed by atoms with E-state index < -0.39 is 0 Å². The normalized spacial score (nSPS) is 12.9. The maximum Gasteiger partial charge on any atom is 0.152 e. The number of nitrogens with zero attached hydrogens (tertiary/aromatic N) is 3. The zero-order chi connectivity index (χ0) is 10.7. The Labute approximate surface area is 93.3 Å². The Kier molecular flexibility index (Phi) is 3.06. The topological polar surface area (TPSA) is 42.2 Å². The average molecular weight is 225 g/mol. The summed E-state index contributed by atoms with van der Waals surface area (Å²) in [6.45, 7) is 2.09. The molecule has 5 heteroatoms. The van der Waals surface area contributed by atoms with E-state index in [1.165, 1.54) is 0 Å². The molecule has 80 valence electrons. The minimum absolute atomic E-state index is 0.316. The number of hydrogen-bond donors (Lipinski definition) is 1. The highest BCUT2D eigenvalue weighted by atomic mass is 35.5. The Bertz CT molecular complexity index is 440. The standard InChI is InChI=1S/C10H13ClN4/c1-8(2-4-11)14-10-9-3-5-13-15(9)7-6-12-10/h3,5-8H,2,4H2,1H3,(H,12,14). The van der Waals surface area contributed by atoms with E-state index in [2.05, 4.69) is 22.3 Å². The minimum atomic E-state index is 0.316. The monoisotopic (exact) mass is 224 g/mol. The Hall–Kier alpha value is -1.29. The molecule has 0 radical (unpaired) electrons. The van der Waals surface area contributed by atoms with E-state index in [1.807, 2.05) is 12.3 Å². The van der Waals surface area contributed by atoms with Crippen LogP contribution in [0.2, 0.25) is 0 Å². The average Bonchev–Trinajstić information content (AvgIpc) is 2.67. The van der Waals surface area contributed by atoms with Crippen molar-refractivity contribution in [3.8, 4) is 0 Å². The van der Waals surface area contributed by atoms with Gasteiger partial charge in [-0.3, -0.25) is 0 Å². The summed E-state index contributed by atoms with van der Waals surface area (Å²) in [6.07, 6.45) is 6.23. The number of nitrogens with one attached hydrogen (secondary N) is 1. The molecule has 0 spiro atoms. The highest BCUT2D eigenvalue weighted by Crippen LogP contribution is 2.14. The molecule has 4 nitrogen and oxygen atoms in total. The van der Waals surface area contributed by atoms with Crippen molar-refractivity contribution < 1.29 is 0 Å². The summed E-state index contributed by atoms with van der Waals surface area (Å²) in [5.74, 6) is 1.50. The van der Waals surface area contributed by atoms with Gasteiger partial charge in [0, 0.05) is 24.3 Å². The fourth-order valence-corrected chi connectivity index (χ4v) is 1.77. The summed E-state index contributed by atoms with van der Waals surface area (Å²) in [5.41, 5.74) is 0.985. The second kappa shape index (κ2) is 4.49. The molecule has 2 aromatic heterocycles. The van der Waals surface area contributed by atoms with Crippen LogP contribution in [0.5, 0.6) is 0 Å². The third kappa shape index (κ3) is 2.21. The van der Waals surface area contributed by atoms with Crippen LogP contribution in [0.15, 0.2) is 24.7 Å². The first-order valence-electron chi connectivity index (χ1n) is 4.92. The summed E-state index contributed by atoms with van der Waals surface area (Å²) in [7, 11) is 0. The van der Waals surface area contributed by atoms with E-state index in [4.69, 9.17) is 11.6 Å². The number of aromatic nitrogens is 3. The van der Waals surface area contributed by atoms with Crippen LogP contribution in [0, 0.1) is 0 Å². The maximum absolute atomic E-state index is 5.68. The first kappa shape index (κ1) is 10.2. The van der Waals surface area contributed by atoms with Gasteiger partial charge in [-0.2, -0.15) is 5.10 Å². The van der Waals surface area contributed by atoms with E-state index in [0.29, 0.717) is 11.9 Å². The number of hydrogen-bond acceptors (Lipinski definition) is 3.